The summed E-state index contributed by atoms with van der Waals surface area (Å²) >= 11 is 1.63. The van der Waals surface area contributed by atoms with E-state index in [1.807, 2.05) is 0 Å². The molecule has 0 aromatic heterocycles. The third-order valence-electron chi connectivity index (χ3n) is 1.88. The first-order valence-electron chi connectivity index (χ1n) is 3.00. The zero-order chi connectivity index (χ0) is 7.00. The maximum absolute atomic E-state index is 2.31. The molecule has 0 bridgehead atoms. The predicted molar refractivity (Wildman–Crippen MR) is 33.5 cm³/mol. The SMILES string of the molecule is CC(C)(C)[C](C)(C)[Zr]. The molecule has 0 radical (unpaired) electrons. The van der Waals surface area contributed by atoms with Crippen LogP contribution >= 0.6 is 0 Å². The Bertz CT molecular complexity index is 59.4. The van der Waals surface area contributed by atoms with Crippen LogP contribution in [0.3, 0.4) is 0 Å². The molecule has 0 aliphatic rings. The van der Waals surface area contributed by atoms with E-state index in [1.165, 1.54) is 0 Å². The Hall–Kier alpha value is 0.883. The van der Waals surface area contributed by atoms with Crippen LogP contribution in [0.15, 0.2) is 0 Å². The summed E-state index contributed by atoms with van der Waals surface area (Å²) in [6.07, 6.45) is 0. The number of hydrogen-bond acceptors (Lipinski definition) is 0. The minimum absolute atomic E-state index is 0.477. The van der Waals surface area contributed by atoms with Crippen LogP contribution in [-0.2, 0) is 24.7 Å². The molecule has 0 aromatic carbocycles. The van der Waals surface area contributed by atoms with Gasteiger partial charge in [0.1, 0.15) is 0 Å². The average molecular weight is 190 g/mol. The summed E-state index contributed by atoms with van der Waals surface area (Å²) in [5.41, 5.74) is 0.477. The van der Waals surface area contributed by atoms with Gasteiger partial charge in [0.05, 0.1) is 0 Å². The molecule has 0 atom stereocenters. The Morgan fingerprint density at radius 2 is 1.00 bits per heavy atom. The van der Waals surface area contributed by atoms with Crippen LogP contribution in [0.4, 0.5) is 0 Å². The van der Waals surface area contributed by atoms with Crippen molar-refractivity contribution in [3.05, 3.63) is 0 Å². The van der Waals surface area contributed by atoms with Crippen LogP contribution in [0.25, 0.3) is 0 Å². The zero-order valence-corrected chi connectivity index (χ0v) is 8.96. The van der Waals surface area contributed by atoms with E-state index in [1.54, 1.807) is 24.7 Å². The first-order valence-corrected chi connectivity index (χ1v) is 4.23. The first-order chi connectivity index (χ1) is 3.25. The van der Waals surface area contributed by atoms with Crippen molar-refractivity contribution in [3.63, 3.8) is 0 Å². The summed E-state index contributed by atoms with van der Waals surface area (Å²) in [6, 6.07) is 0. The van der Waals surface area contributed by atoms with Crippen molar-refractivity contribution in [3.8, 4) is 0 Å². The van der Waals surface area contributed by atoms with E-state index >= 15 is 0 Å². The average Bonchev–Trinajstić information content (AvgIpc) is 1.25. The molecule has 0 unspecified atom stereocenters. The van der Waals surface area contributed by atoms with Crippen molar-refractivity contribution < 1.29 is 24.7 Å². The molecule has 0 aliphatic carbocycles. The van der Waals surface area contributed by atoms with Gasteiger partial charge in [-0.3, -0.25) is 0 Å². The molecule has 0 aromatic rings. The summed E-state index contributed by atoms with van der Waals surface area (Å²) in [6.45, 7) is 11.5. The van der Waals surface area contributed by atoms with Crippen LogP contribution in [0.2, 0.25) is 3.12 Å². The van der Waals surface area contributed by atoms with Crippen molar-refractivity contribution in [2.24, 2.45) is 5.41 Å². The summed E-state index contributed by atoms with van der Waals surface area (Å²) in [5, 5.41) is 0. The van der Waals surface area contributed by atoms with Crippen LogP contribution < -0.4 is 0 Å². The molecular weight excluding hydrogens is 175 g/mol. The monoisotopic (exact) mass is 189 g/mol. The molecule has 0 heterocycles. The van der Waals surface area contributed by atoms with Gasteiger partial charge >= 0.3 is 67.9 Å². The van der Waals surface area contributed by atoms with Gasteiger partial charge in [-0.1, -0.05) is 0 Å². The van der Waals surface area contributed by atoms with Gasteiger partial charge < -0.3 is 0 Å². The van der Waals surface area contributed by atoms with E-state index in [-0.39, 0.29) is 0 Å². The molecule has 47 valence electrons. The Kier molecular flexibility index (Phi) is 2.50. The van der Waals surface area contributed by atoms with Crippen LogP contribution in [0, 0.1) is 5.41 Å². The van der Waals surface area contributed by atoms with Crippen molar-refractivity contribution in [2.45, 2.75) is 37.7 Å². The van der Waals surface area contributed by atoms with Crippen molar-refractivity contribution >= 4 is 0 Å². The molecule has 0 N–H and O–H groups in total. The second-order valence-electron chi connectivity index (χ2n) is 3.88. The molecule has 0 amide bonds. The molecule has 8 heavy (non-hydrogen) atoms. The van der Waals surface area contributed by atoms with E-state index in [4.69, 9.17) is 0 Å². The second kappa shape index (κ2) is 2.25. The molecule has 0 saturated heterocycles. The van der Waals surface area contributed by atoms with E-state index in [2.05, 4.69) is 34.6 Å². The Labute approximate surface area is 67.9 Å². The summed E-state index contributed by atoms with van der Waals surface area (Å²) in [7, 11) is 0. The molecular formula is C7H15Zr. The van der Waals surface area contributed by atoms with Crippen LogP contribution in [0.5, 0.6) is 0 Å². The number of hydrogen-bond donors (Lipinski definition) is 0. The van der Waals surface area contributed by atoms with Gasteiger partial charge in [0, 0.05) is 0 Å². The van der Waals surface area contributed by atoms with Gasteiger partial charge in [-0.15, -0.1) is 0 Å². The van der Waals surface area contributed by atoms with Gasteiger partial charge in [0.15, 0.2) is 0 Å². The topological polar surface area (TPSA) is 0 Å². The third-order valence-corrected chi connectivity index (χ3v) is 3.72. The minimum atomic E-state index is 0.477. The molecule has 0 fully saturated rings. The van der Waals surface area contributed by atoms with Gasteiger partial charge in [-0.25, -0.2) is 0 Å². The fourth-order valence-electron chi connectivity index (χ4n) is 0. The Morgan fingerprint density at radius 1 is 0.875 bits per heavy atom. The molecule has 0 saturated carbocycles. The predicted octanol–water partition coefficient (Wildman–Crippen LogP) is 2.78. The van der Waals surface area contributed by atoms with Gasteiger partial charge in [-0.05, 0) is 0 Å². The Balaban J connectivity index is 4.02. The summed E-state index contributed by atoms with van der Waals surface area (Å²) < 4.78 is 0.528. The number of rotatable bonds is 0. The van der Waals surface area contributed by atoms with Crippen LogP contribution in [0.1, 0.15) is 34.6 Å². The van der Waals surface area contributed by atoms with E-state index < -0.39 is 0 Å². The molecule has 1 heteroatoms. The summed E-state index contributed by atoms with van der Waals surface area (Å²) in [4.78, 5) is 0. The van der Waals surface area contributed by atoms with Gasteiger partial charge in [-0.2, -0.15) is 0 Å². The van der Waals surface area contributed by atoms with Gasteiger partial charge in [0.2, 0.25) is 0 Å². The standard InChI is InChI=1S/C7H15.Zr/c1-6(2)7(3,4)5;/h1-5H3;. The van der Waals surface area contributed by atoms with E-state index in [0.29, 0.717) is 8.54 Å². The molecule has 0 rings (SSSR count). The normalized spacial score (nSPS) is 14.0. The third kappa shape index (κ3) is 2.44. The Morgan fingerprint density at radius 3 is 1.00 bits per heavy atom. The van der Waals surface area contributed by atoms with Crippen LogP contribution in [-0.4, -0.2) is 0 Å². The van der Waals surface area contributed by atoms with Crippen molar-refractivity contribution in [1.82, 2.24) is 0 Å². The molecule has 0 aliphatic heterocycles. The van der Waals surface area contributed by atoms with E-state index in [0.717, 1.165) is 0 Å². The van der Waals surface area contributed by atoms with Crippen molar-refractivity contribution in [1.29, 1.82) is 0 Å². The quantitative estimate of drug-likeness (QED) is 0.551. The zero-order valence-electron chi connectivity index (χ0n) is 6.50. The first kappa shape index (κ1) is 8.88. The molecule has 0 nitrogen and oxygen atoms in total. The summed E-state index contributed by atoms with van der Waals surface area (Å²) in [5.74, 6) is 0. The van der Waals surface area contributed by atoms with Gasteiger partial charge in [0.25, 0.3) is 0 Å². The fourth-order valence-corrected chi connectivity index (χ4v) is 0. The fraction of sp³-hybridized carbons (Fsp3) is 1.00. The van der Waals surface area contributed by atoms with E-state index in [9.17, 15) is 0 Å². The van der Waals surface area contributed by atoms with Crippen molar-refractivity contribution in [2.75, 3.05) is 0 Å². The second-order valence-corrected chi connectivity index (χ2v) is 6.95. The maximum atomic E-state index is 2.31. The molecule has 0 spiro atoms.